The van der Waals surface area contributed by atoms with Crippen LogP contribution in [0.3, 0.4) is 0 Å². The Morgan fingerprint density at radius 2 is 2.21 bits per heavy atom. The molecular weight excluding hydrogens is 315 g/mol. The van der Waals surface area contributed by atoms with E-state index in [0.29, 0.717) is 11.1 Å². The van der Waals surface area contributed by atoms with Crippen molar-refractivity contribution in [3.63, 3.8) is 0 Å². The van der Waals surface area contributed by atoms with Gasteiger partial charge in [0, 0.05) is 8.27 Å². The number of nitrogen functional groups attached to an aromatic ring is 1. The number of benzene rings is 1. The van der Waals surface area contributed by atoms with E-state index in [4.69, 9.17) is 5.73 Å². The van der Waals surface area contributed by atoms with Crippen LogP contribution in [-0.4, -0.2) is 4.92 Å². The first-order valence-corrected chi connectivity index (χ1v) is 5.66. The summed E-state index contributed by atoms with van der Waals surface area (Å²) >= 11 is 3.41. The lowest BCUT2D eigenvalue weighted by atomic mass is 10.2. The van der Waals surface area contributed by atoms with Crippen molar-refractivity contribution in [3.05, 3.63) is 31.2 Å². The summed E-state index contributed by atoms with van der Waals surface area (Å²) in [5.74, 6) is 0. The molecule has 1 aromatic carbocycles. The summed E-state index contributed by atoms with van der Waals surface area (Å²) in [4.78, 5) is 10.3. The van der Waals surface area contributed by atoms with E-state index < -0.39 is 4.92 Å². The molecule has 0 aliphatic heterocycles. The van der Waals surface area contributed by atoms with Crippen LogP contribution in [0, 0.1) is 13.7 Å². The molecule has 0 atom stereocenters. The Morgan fingerprint density at radius 1 is 1.50 bits per heavy atom. The Balaban J connectivity index is 2.89. The van der Waals surface area contributed by atoms with Gasteiger partial charge in [0.1, 0.15) is 0 Å². The molecule has 0 spiro atoms. The van der Waals surface area contributed by atoms with E-state index in [0.717, 1.165) is 8.27 Å². The number of hydrogen-bond acceptors (Lipinski definition) is 4. The molecule has 4 nitrogen and oxygen atoms in total. The van der Waals surface area contributed by atoms with Gasteiger partial charge in [0.15, 0.2) is 0 Å². The Labute approximate surface area is 97.0 Å². The number of nitrogens with two attached hydrogens (primary N) is 1. The highest BCUT2D eigenvalue weighted by Crippen LogP contribution is 2.37. The number of nitro groups is 1. The molecule has 1 heterocycles. The van der Waals surface area contributed by atoms with Crippen LogP contribution in [0.2, 0.25) is 0 Å². The summed E-state index contributed by atoms with van der Waals surface area (Å²) in [7, 11) is 0. The van der Waals surface area contributed by atoms with Gasteiger partial charge in [-0.2, -0.15) is 0 Å². The molecule has 0 fully saturated rings. The Morgan fingerprint density at radius 3 is 2.86 bits per heavy atom. The third-order valence-electron chi connectivity index (χ3n) is 1.90. The van der Waals surface area contributed by atoms with Gasteiger partial charge >= 0.3 is 0 Å². The number of fused-ring (bicyclic) bond motifs is 1. The van der Waals surface area contributed by atoms with E-state index in [1.165, 1.54) is 16.7 Å². The predicted octanol–water partition coefficient (Wildman–Crippen LogP) is 3.00. The normalized spacial score (nSPS) is 10.6. The van der Waals surface area contributed by atoms with Crippen LogP contribution in [0.5, 0.6) is 0 Å². The van der Waals surface area contributed by atoms with Gasteiger partial charge in [0.05, 0.1) is 21.4 Å². The second-order valence-corrected chi connectivity index (χ2v) is 4.79. The first kappa shape index (κ1) is 9.66. The van der Waals surface area contributed by atoms with Gasteiger partial charge in [-0.05, 0) is 34.7 Å². The van der Waals surface area contributed by atoms with Crippen molar-refractivity contribution in [1.29, 1.82) is 0 Å². The quantitative estimate of drug-likeness (QED) is 0.380. The molecule has 0 saturated carbocycles. The summed E-state index contributed by atoms with van der Waals surface area (Å²) in [6.07, 6.45) is 0. The predicted molar refractivity (Wildman–Crippen MR) is 65.6 cm³/mol. The van der Waals surface area contributed by atoms with Gasteiger partial charge in [-0.25, -0.2) is 0 Å². The number of anilines is 1. The second-order valence-electron chi connectivity index (χ2n) is 2.71. The smallest absolute Gasteiger partial charge is 0.289 e. The van der Waals surface area contributed by atoms with Crippen LogP contribution < -0.4 is 5.73 Å². The highest BCUT2D eigenvalue weighted by molar-refractivity contribution is 14.1. The lowest BCUT2D eigenvalue weighted by molar-refractivity contribution is -0.382. The number of halogens is 1. The minimum absolute atomic E-state index is 0.0982. The van der Waals surface area contributed by atoms with E-state index >= 15 is 0 Å². The highest BCUT2D eigenvalue weighted by Gasteiger charge is 2.17. The zero-order chi connectivity index (χ0) is 10.3. The number of thiophene rings is 1. The SMILES string of the molecule is Nc1c(I)ccc2scc([N+](=O)[O-])c12. The Hall–Kier alpha value is -0.890. The molecule has 72 valence electrons. The van der Waals surface area contributed by atoms with Crippen LogP contribution in [0.15, 0.2) is 17.5 Å². The van der Waals surface area contributed by atoms with Crippen molar-refractivity contribution in [2.75, 3.05) is 5.73 Å². The molecule has 2 rings (SSSR count). The molecule has 0 aliphatic carbocycles. The molecular formula is C8H5IN2O2S. The summed E-state index contributed by atoms with van der Waals surface area (Å²) in [5, 5.41) is 12.8. The molecule has 0 amide bonds. The Bertz CT molecular complexity index is 523. The number of rotatable bonds is 1. The maximum Gasteiger partial charge on any atom is 0.289 e. The van der Waals surface area contributed by atoms with Crippen LogP contribution in [-0.2, 0) is 0 Å². The topological polar surface area (TPSA) is 69.2 Å². The maximum absolute atomic E-state index is 10.7. The first-order chi connectivity index (χ1) is 6.61. The van der Waals surface area contributed by atoms with Crippen molar-refractivity contribution in [2.24, 2.45) is 0 Å². The summed E-state index contributed by atoms with van der Waals surface area (Å²) in [6, 6.07) is 3.71. The van der Waals surface area contributed by atoms with Crippen LogP contribution in [0.4, 0.5) is 11.4 Å². The lowest BCUT2D eigenvalue weighted by Gasteiger charge is -1.98. The zero-order valence-electron chi connectivity index (χ0n) is 6.86. The molecule has 0 unspecified atom stereocenters. The van der Waals surface area contributed by atoms with E-state index in [1.807, 2.05) is 12.1 Å². The third-order valence-corrected chi connectivity index (χ3v) is 3.78. The van der Waals surface area contributed by atoms with Gasteiger partial charge in [0.2, 0.25) is 0 Å². The second kappa shape index (κ2) is 3.35. The summed E-state index contributed by atoms with van der Waals surface area (Å²) in [5.41, 5.74) is 6.39. The minimum atomic E-state index is -0.398. The van der Waals surface area contributed by atoms with Crippen molar-refractivity contribution in [3.8, 4) is 0 Å². The van der Waals surface area contributed by atoms with Crippen molar-refractivity contribution < 1.29 is 4.92 Å². The van der Waals surface area contributed by atoms with Gasteiger partial charge in [-0.1, -0.05) is 0 Å². The molecule has 0 radical (unpaired) electrons. The lowest BCUT2D eigenvalue weighted by Crippen LogP contribution is -1.92. The maximum atomic E-state index is 10.7. The number of hydrogen-bond donors (Lipinski definition) is 1. The Kier molecular flexibility index (Phi) is 2.31. The monoisotopic (exact) mass is 320 g/mol. The largest absolute Gasteiger partial charge is 0.397 e. The molecule has 0 saturated heterocycles. The fourth-order valence-corrected chi connectivity index (χ4v) is 2.62. The van der Waals surface area contributed by atoms with Gasteiger partial charge in [-0.3, -0.25) is 10.1 Å². The zero-order valence-corrected chi connectivity index (χ0v) is 9.83. The molecule has 6 heteroatoms. The highest BCUT2D eigenvalue weighted by atomic mass is 127. The standard InChI is InChI=1S/C8H5IN2O2S/c9-4-1-2-6-7(8(4)10)5(3-14-6)11(12)13/h1-3H,10H2. The number of nitrogens with zero attached hydrogens (tertiary/aromatic N) is 1. The first-order valence-electron chi connectivity index (χ1n) is 3.71. The fourth-order valence-electron chi connectivity index (χ4n) is 1.25. The fraction of sp³-hybridized carbons (Fsp3) is 0. The van der Waals surface area contributed by atoms with Crippen LogP contribution in [0.25, 0.3) is 10.1 Å². The summed E-state index contributed by atoms with van der Waals surface area (Å²) < 4.78 is 1.70. The van der Waals surface area contributed by atoms with Gasteiger partial charge in [0.25, 0.3) is 5.69 Å². The van der Waals surface area contributed by atoms with E-state index in [9.17, 15) is 10.1 Å². The molecule has 2 N–H and O–H groups in total. The van der Waals surface area contributed by atoms with E-state index in [1.54, 1.807) is 0 Å². The molecule has 14 heavy (non-hydrogen) atoms. The average molecular weight is 320 g/mol. The molecule has 1 aromatic heterocycles. The van der Waals surface area contributed by atoms with Crippen LogP contribution >= 0.6 is 33.9 Å². The molecule has 0 bridgehead atoms. The summed E-state index contributed by atoms with van der Waals surface area (Å²) in [6.45, 7) is 0. The van der Waals surface area contributed by atoms with Gasteiger partial charge < -0.3 is 5.73 Å². The van der Waals surface area contributed by atoms with Crippen LogP contribution in [0.1, 0.15) is 0 Å². The third kappa shape index (κ3) is 1.34. The van der Waals surface area contributed by atoms with Gasteiger partial charge in [-0.15, -0.1) is 11.3 Å². The minimum Gasteiger partial charge on any atom is -0.397 e. The average Bonchev–Trinajstić information content (AvgIpc) is 2.55. The van der Waals surface area contributed by atoms with Crippen molar-refractivity contribution >= 4 is 55.4 Å². The van der Waals surface area contributed by atoms with Crippen molar-refractivity contribution in [2.45, 2.75) is 0 Å². The van der Waals surface area contributed by atoms with Crippen molar-refractivity contribution in [1.82, 2.24) is 0 Å². The van der Waals surface area contributed by atoms with E-state index in [-0.39, 0.29) is 5.69 Å². The molecule has 0 aliphatic rings. The van der Waals surface area contributed by atoms with E-state index in [2.05, 4.69) is 22.6 Å². The molecule has 2 aromatic rings.